The van der Waals surface area contributed by atoms with E-state index in [0.29, 0.717) is 31.5 Å². The van der Waals surface area contributed by atoms with Crippen LogP contribution < -0.4 is 15.4 Å². The molecule has 1 saturated carbocycles. The molecule has 1 fully saturated rings. The van der Waals surface area contributed by atoms with Crippen LogP contribution in [-0.4, -0.2) is 30.5 Å². The van der Waals surface area contributed by atoms with Crippen LogP contribution in [-0.2, 0) is 16.0 Å². The lowest BCUT2D eigenvalue weighted by Gasteiger charge is -2.16. The summed E-state index contributed by atoms with van der Waals surface area (Å²) >= 11 is 0. The number of nitrogens with zero attached hydrogens (tertiary/aromatic N) is 1. The summed E-state index contributed by atoms with van der Waals surface area (Å²) in [7, 11) is 1.63. The fourth-order valence-corrected chi connectivity index (χ4v) is 3.45. The summed E-state index contributed by atoms with van der Waals surface area (Å²) in [5.74, 6) is 0.302. The molecular weight excluding hydrogens is 366 g/mol. The van der Waals surface area contributed by atoms with Crippen LogP contribution in [0.15, 0.2) is 60.8 Å². The zero-order valence-electron chi connectivity index (χ0n) is 16.3. The Balaban J connectivity index is 1.38. The van der Waals surface area contributed by atoms with Crippen molar-refractivity contribution in [2.75, 3.05) is 19.0 Å². The molecule has 0 atom stereocenters. The molecule has 0 spiro atoms. The predicted molar refractivity (Wildman–Crippen MR) is 112 cm³/mol. The summed E-state index contributed by atoms with van der Waals surface area (Å²) in [4.78, 5) is 30.0. The van der Waals surface area contributed by atoms with Crippen molar-refractivity contribution in [3.63, 3.8) is 0 Å². The second-order valence-electron chi connectivity index (χ2n) is 7.27. The van der Waals surface area contributed by atoms with Crippen LogP contribution in [0.3, 0.4) is 0 Å². The Labute approximate surface area is 169 Å². The van der Waals surface area contributed by atoms with Gasteiger partial charge in [0.2, 0.25) is 11.8 Å². The molecule has 3 aromatic rings. The average molecular weight is 389 g/mol. The second kappa shape index (κ2) is 7.91. The largest absolute Gasteiger partial charge is 0.497 e. The normalized spacial score (nSPS) is 14.2. The average Bonchev–Trinajstić information content (AvgIpc) is 3.56. The molecule has 1 aliphatic rings. The van der Waals surface area contributed by atoms with Gasteiger partial charge in [-0.05, 0) is 49.1 Å². The van der Waals surface area contributed by atoms with Gasteiger partial charge >= 0.3 is 0 Å². The monoisotopic (exact) mass is 389 g/mol. The smallest absolute Gasteiger partial charge is 0.240 e. The number of ether oxygens (including phenoxy) is 1. The first-order valence-corrected chi connectivity index (χ1v) is 9.69. The molecule has 6 heteroatoms. The van der Waals surface area contributed by atoms with E-state index in [0.717, 1.165) is 22.2 Å². The number of hydrogen-bond acceptors (Lipinski definition) is 4. The minimum absolute atomic E-state index is 0.217. The Bertz CT molecular complexity index is 1050. The SMILES string of the molecule is COc1cccc(CCNC(=O)C2(C(=O)Nc3cccc4cccnc34)CC2)c1. The lowest BCUT2D eigenvalue weighted by atomic mass is 10.0. The number of hydrogen-bond donors (Lipinski definition) is 2. The molecule has 2 aromatic carbocycles. The molecule has 0 saturated heterocycles. The van der Waals surface area contributed by atoms with E-state index < -0.39 is 5.41 Å². The highest BCUT2D eigenvalue weighted by molar-refractivity contribution is 6.14. The topological polar surface area (TPSA) is 80.3 Å². The third-order valence-electron chi connectivity index (χ3n) is 5.33. The van der Waals surface area contributed by atoms with E-state index in [1.54, 1.807) is 13.3 Å². The Morgan fingerprint density at radius 3 is 2.66 bits per heavy atom. The van der Waals surface area contributed by atoms with Crippen LogP contribution in [0, 0.1) is 5.41 Å². The van der Waals surface area contributed by atoms with Gasteiger partial charge in [0, 0.05) is 18.1 Å². The Morgan fingerprint density at radius 1 is 1.07 bits per heavy atom. The van der Waals surface area contributed by atoms with Crippen LogP contribution in [0.4, 0.5) is 5.69 Å². The van der Waals surface area contributed by atoms with Gasteiger partial charge in [0.05, 0.1) is 18.3 Å². The number of amides is 2. The van der Waals surface area contributed by atoms with Crippen molar-refractivity contribution >= 4 is 28.4 Å². The number of methoxy groups -OCH3 is 1. The maximum atomic E-state index is 12.9. The van der Waals surface area contributed by atoms with Gasteiger partial charge in [0.15, 0.2) is 0 Å². The van der Waals surface area contributed by atoms with Crippen LogP contribution in [0.25, 0.3) is 10.9 Å². The third-order valence-corrected chi connectivity index (χ3v) is 5.33. The minimum Gasteiger partial charge on any atom is -0.497 e. The number of carbonyl (C=O) groups is 2. The number of benzene rings is 2. The molecule has 0 bridgehead atoms. The maximum absolute atomic E-state index is 12.9. The molecule has 0 radical (unpaired) electrons. The zero-order valence-corrected chi connectivity index (χ0v) is 16.3. The van der Waals surface area contributed by atoms with Gasteiger partial charge in [-0.25, -0.2) is 0 Å². The van der Waals surface area contributed by atoms with E-state index in [4.69, 9.17) is 4.74 Å². The number of anilines is 1. The van der Waals surface area contributed by atoms with Gasteiger partial charge < -0.3 is 15.4 Å². The zero-order chi connectivity index (χ0) is 20.3. The van der Waals surface area contributed by atoms with Crippen molar-refractivity contribution in [3.8, 4) is 5.75 Å². The fraction of sp³-hybridized carbons (Fsp3) is 0.261. The summed E-state index contributed by atoms with van der Waals surface area (Å²) in [6.45, 7) is 0.469. The van der Waals surface area contributed by atoms with Crippen molar-refractivity contribution < 1.29 is 14.3 Å². The second-order valence-corrected chi connectivity index (χ2v) is 7.27. The molecule has 1 aromatic heterocycles. The predicted octanol–water partition coefficient (Wildman–Crippen LogP) is 3.32. The lowest BCUT2D eigenvalue weighted by molar-refractivity contribution is -0.134. The lowest BCUT2D eigenvalue weighted by Crippen LogP contribution is -2.40. The van der Waals surface area contributed by atoms with Crippen LogP contribution >= 0.6 is 0 Å². The molecule has 1 heterocycles. The number of para-hydroxylation sites is 1. The Kier molecular flexibility index (Phi) is 5.16. The van der Waals surface area contributed by atoms with Crippen molar-refractivity contribution in [1.82, 2.24) is 10.3 Å². The number of carbonyl (C=O) groups excluding carboxylic acids is 2. The molecule has 0 aliphatic heterocycles. The molecule has 1 aliphatic carbocycles. The Hall–Kier alpha value is -3.41. The van der Waals surface area contributed by atoms with E-state index in [2.05, 4.69) is 15.6 Å². The molecule has 0 unspecified atom stereocenters. The summed E-state index contributed by atoms with van der Waals surface area (Å²) in [5, 5.41) is 6.77. The standard InChI is InChI=1S/C23H23N3O3/c1-29-18-8-2-5-16(15-18)10-14-25-21(27)23(11-12-23)22(28)26-19-9-3-6-17-7-4-13-24-20(17)19/h2-9,13,15H,10-12,14H2,1H3,(H,25,27)(H,26,28). The number of aromatic nitrogens is 1. The highest BCUT2D eigenvalue weighted by atomic mass is 16.5. The van der Waals surface area contributed by atoms with Crippen LogP contribution in [0.2, 0.25) is 0 Å². The number of fused-ring (bicyclic) bond motifs is 1. The first-order valence-electron chi connectivity index (χ1n) is 9.69. The van der Waals surface area contributed by atoms with Crippen molar-refractivity contribution in [3.05, 3.63) is 66.4 Å². The summed E-state index contributed by atoms with van der Waals surface area (Å²) in [6, 6.07) is 17.1. The molecule has 4 rings (SSSR count). The minimum atomic E-state index is -0.981. The van der Waals surface area contributed by atoms with E-state index in [1.165, 1.54) is 0 Å². The highest BCUT2D eigenvalue weighted by Crippen LogP contribution is 2.47. The van der Waals surface area contributed by atoms with Gasteiger partial charge in [0.1, 0.15) is 11.2 Å². The molecule has 29 heavy (non-hydrogen) atoms. The highest BCUT2D eigenvalue weighted by Gasteiger charge is 2.56. The van der Waals surface area contributed by atoms with Crippen molar-refractivity contribution in [1.29, 1.82) is 0 Å². The van der Waals surface area contributed by atoms with Gasteiger partial charge in [-0.2, -0.15) is 0 Å². The van der Waals surface area contributed by atoms with E-state index in [1.807, 2.05) is 54.6 Å². The van der Waals surface area contributed by atoms with Gasteiger partial charge in [-0.3, -0.25) is 14.6 Å². The molecule has 6 nitrogen and oxygen atoms in total. The number of rotatable bonds is 7. The molecular formula is C23H23N3O3. The van der Waals surface area contributed by atoms with E-state index >= 15 is 0 Å². The van der Waals surface area contributed by atoms with Crippen molar-refractivity contribution in [2.45, 2.75) is 19.3 Å². The summed E-state index contributed by atoms with van der Waals surface area (Å²) in [6.07, 6.45) is 3.48. The van der Waals surface area contributed by atoms with Gasteiger partial charge in [-0.15, -0.1) is 0 Å². The number of pyridine rings is 1. The van der Waals surface area contributed by atoms with Crippen LogP contribution in [0.5, 0.6) is 5.75 Å². The summed E-state index contributed by atoms with van der Waals surface area (Å²) in [5.41, 5.74) is 1.44. The third kappa shape index (κ3) is 3.92. The van der Waals surface area contributed by atoms with E-state index in [-0.39, 0.29) is 11.8 Å². The molecule has 148 valence electrons. The van der Waals surface area contributed by atoms with Gasteiger partial charge in [0.25, 0.3) is 0 Å². The first kappa shape index (κ1) is 18.9. The summed E-state index contributed by atoms with van der Waals surface area (Å²) < 4.78 is 5.22. The number of nitrogens with one attached hydrogen (secondary N) is 2. The molecule has 2 amide bonds. The van der Waals surface area contributed by atoms with Gasteiger partial charge in [-0.1, -0.05) is 30.3 Å². The first-order chi connectivity index (χ1) is 14.1. The molecule has 2 N–H and O–H groups in total. The Morgan fingerprint density at radius 2 is 1.86 bits per heavy atom. The van der Waals surface area contributed by atoms with Crippen LogP contribution in [0.1, 0.15) is 18.4 Å². The van der Waals surface area contributed by atoms with E-state index in [9.17, 15) is 9.59 Å². The van der Waals surface area contributed by atoms with Crippen molar-refractivity contribution in [2.24, 2.45) is 5.41 Å². The fourth-order valence-electron chi connectivity index (χ4n) is 3.45. The quantitative estimate of drug-likeness (QED) is 0.608. The maximum Gasteiger partial charge on any atom is 0.240 e.